The second-order valence-electron chi connectivity index (χ2n) is 11.0. The van der Waals surface area contributed by atoms with Gasteiger partial charge in [-0.2, -0.15) is 5.10 Å². The first-order valence-electron chi connectivity index (χ1n) is 12.1. The molecule has 180 valence electrons. The molecule has 0 saturated heterocycles. The Kier molecular flexibility index (Phi) is 6.93. The number of ether oxygens (including phenoxy) is 1. The van der Waals surface area contributed by atoms with E-state index in [2.05, 4.69) is 87.6 Å². The van der Waals surface area contributed by atoms with Gasteiger partial charge < -0.3 is 4.74 Å². The maximum absolute atomic E-state index is 12.4. The fourth-order valence-corrected chi connectivity index (χ4v) is 4.97. The van der Waals surface area contributed by atoms with E-state index in [0.29, 0.717) is 5.75 Å². The van der Waals surface area contributed by atoms with Gasteiger partial charge in [-0.25, -0.2) is 5.43 Å². The Hall–Kier alpha value is -3.66. The van der Waals surface area contributed by atoms with Crippen molar-refractivity contribution in [3.05, 3.63) is 90.0 Å². The van der Waals surface area contributed by atoms with Gasteiger partial charge in [0.2, 0.25) is 0 Å². The van der Waals surface area contributed by atoms with Crippen molar-refractivity contribution < 1.29 is 9.53 Å². The number of amides is 1. The summed E-state index contributed by atoms with van der Waals surface area (Å²) in [5.74, 6) is 0.363. The maximum Gasteiger partial charge on any atom is 0.277 e. The van der Waals surface area contributed by atoms with Crippen LogP contribution in [0.25, 0.3) is 21.5 Å². The fourth-order valence-electron chi connectivity index (χ4n) is 4.97. The molecule has 4 aromatic rings. The highest BCUT2D eigenvalue weighted by molar-refractivity contribution is 6.13. The Bertz CT molecular complexity index is 1310. The van der Waals surface area contributed by atoms with Crippen LogP contribution in [-0.4, -0.2) is 18.7 Å². The lowest BCUT2D eigenvalue weighted by Crippen LogP contribution is -2.25. The number of carbonyl (C=O) groups is 1. The van der Waals surface area contributed by atoms with E-state index < -0.39 is 0 Å². The van der Waals surface area contributed by atoms with Gasteiger partial charge in [-0.15, -0.1) is 0 Å². The molecule has 4 rings (SSSR count). The van der Waals surface area contributed by atoms with Gasteiger partial charge in [0.1, 0.15) is 5.75 Å². The van der Waals surface area contributed by atoms with Gasteiger partial charge in [0.25, 0.3) is 5.91 Å². The van der Waals surface area contributed by atoms with Crippen LogP contribution in [0.3, 0.4) is 0 Å². The van der Waals surface area contributed by atoms with Crippen LogP contribution in [0.15, 0.2) is 84.0 Å². The van der Waals surface area contributed by atoms with Crippen LogP contribution in [0.1, 0.15) is 52.2 Å². The minimum Gasteiger partial charge on any atom is -0.484 e. The van der Waals surface area contributed by atoms with E-state index >= 15 is 0 Å². The SMILES string of the molecule is CC(C)(C)CC(C)(C)c1ccc(OCC(=O)NN=Cc2c3ccccc3cc3ccccc23)cc1. The topological polar surface area (TPSA) is 50.7 Å². The summed E-state index contributed by atoms with van der Waals surface area (Å²) in [5.41, 5.74) is 5.15. The number of fused-ring (bicyclic) bond motifs is 2. The number of nitrogens with one attached hydrogen (secondary N) is 1. The van der Waals surface area contributed by atoms with Crippen molar-refractivity contribution in [1.82, 2.24) is 5.43 Å². The average Bonchev–Trinajstić information content (AvgIpc) is 2.81. The summed E-state index contributed by atoms with van der Waals surface area (Å²) in [4.78, 5) is 12.4. The summed E-state index contributed by atoms with van der Waals surface area (Å²) >= 11 is 0. The molecular weight excluding hydrogens is 432 g/mol. The predicted molar refractivity (Wildman–Crippen MR) is 146 cm³/mol. The van der Waals surface area contributed by atoms with E-state index in [1.807, 2.05) is 36.4 Å². The molecule has 0 aliphatic rings. The van der Waals surface area contributed by atoms with Crippen molar-refractivity contribution in [2.45, 2.75) is 46.5 Å². The van der Waals surface area contributed by atoms with Gasteiger partial charge in [0.15, 0.2) is 6.61 Å². The molecule has 0 atom stereocenters. The normalized spacial score (nSPS) is 12.4. The zero-order valence-corrected chi connectivity index (χ0v) is 21.3. The molecule has 0 spiro atoms. The summed E-state index contributed by atoms with van der Waals surface area (Å²) in [6, 6.07) is 26.6. The van der Waals surface area contributed by atoms with E-state index in [9.17, 15) is 4.79 Å². The van der Waals surface area contributed by atoms with Crippen LogP contribution in [0.2, 0.25) is 0 Å². The third-order valence-corrected chi connectivity index (χ3v) is 6.17. The van der Waals surface area contributed by atoms with E-state index in [0.717, 1.165) is 33.5 Å². The highest BCUT2D eigenvalue weighted by Gasteiger charge is 2.27. The Labute approximate surface area is 208 Å². The molecule has 0 aliphatic carbocycles. The molecular formula is C31H34N2O2. The Balaban J connectivity index is 1.40. The number of rotatable bonds is 7. The first kappa shape index (κ1) is 24.5. The maximum atomic E-state index is 12.4. The molecule has 0 unspecified atom stereocenters. The standard InChI is InChI=1S/C31H34N2O2/c1-30(2,3)21-31(4,5)24-14-16-25(17-15-24)35-20-29(34)33-32-19-28-26-12-8-6-10-22(26)18-23-11-7-9-13-27(23)28/h6-19H,20-21H2,1-5H3,(H,33,34). The summed E-state index contributed by atoms with van der Waals surface area (Å²) in [5, 5.41) is 8.69. The van der Waals surface area contributed by atoms with Crippen LogP contribution >= 0.6 is 0 Å². The van der Waals surface area contributed by atoms with Crippen LogP contribution in [0, 0.1) is 5.41 Å². The lowest BCUT2D eigenvalue weighted by Gasteiger charge is -2.33. The van der Waals surface area contributed by atoms with Crippen LogP contribution in [0.5, 0.6) is 5.75 Å². The highest BCUT2D eigenvalue weighted by Crippen LogP contribution is 2.36. The van der Waals surface area contributed by atoms with Gasteiger partial charge in [-0.1, -0.05) is 95.3 Å². The predicted octanol–water partition coefficient (Wildman–Crippen LogP) is 7.24. The van der Waals surface area contributed by atoms with E-state index in [1.54, 1.807) is 6.21 Å². The van der Waals surface area contributed by atoms with E-state index in [-0.39, 0.29) is 23.3 Å². The molecule has 0 fully saturated rings. The van der Waals surface area contributed by atoms with Crippen molar-refractivity contribution in [1.29, 1.82) is 0 Å². The molecule has 0 heterocycles. The molecule has 1 N–H and O–H groups in total. The fraction of sp³-hybridized carbons (Fsp3) is 0.290. The molecule has 4 nitrogen and oxygen atoms in total. The van der Waals surface area contributed by atoms with Gasteiger partial charge >= 0.3 is 0 Å². The third-order valence-electron chi connectivity index (χ3n) is 6.17. The molecule has 4 heteroatoms. The van der Waals surface area contributed by atoms with Gasteiger partial charge in [0, 0.05) is 5.56 Å². The Morgan fingerprint density at radius 2 is 1.43 bits per heavy atom. The van der Waals surface area contributed by atoms with Crippen LogP contribution in [-0.2, 0) is 10.2 Å². The number of nitrogens with zero attached hydrogens (tertiary/aromatic N) is 1. The zero-order chi connectivity index (χ0) is 25.1. The van der Waals surface area contributed by atoms with Crippen LogP contribution in [0.4, 0.5) is 0 Å². The largest absolute Gasteiger partial charge is 0.484 e. The number of hydrogen-bond donors (Lipinski definition) is 1. The van der Waals surface area contributed by atoms with E-state index in [1.165, 1.54) is 5.56 Å². The van der Waals surface area contributed by atoms with Crippen LogP contribution < -0.4 is 10.2 Å². The Morgan fingerprint density at radius 3 is 2.00 bits per heavy atom. The molecule has 0 bridgehead atoms. The minimum atomic E-state index is -0.303. The second kappa shape index (κ2) is 9.91. The summed E-state index contributed by atoms with van der Waals surface area (Å²) in [6.45, 7) is 11.2. The Morgan fingerprint density at radius 1 is 0.857 bits per heavy atom. The van der Waals surface area contributed by atoms with E-state index in [4.69, 9.17) is 4.74 Å². The lowest BCUT2D eigenvalue weighted by molar-refractivity contribution is -0.123. The zero-order valence-electron chi connectivity index (χ0n) is 21.3. The van der Waals surface area contributed by atoms with Gasteiger partial charge in [-0.3, -0.25) is 4.79 Å². The van der Waals surface area contributed by atoms with Crippen molar-refractivity contribution in [3.8, 4) is 5.75 Å². The molecule has 1 amide bonds. The minimum absolute atomic E-state index is 0.0641. The summed E-state index contributed by atoms with van der Waals surface area (Å²) < 4.78 is 5.69. The average molecular weight is 467 g/mol. The van der Waals surface area contributed by atoms with Crippen molar-refractivity contribution >= 4 is 33.7 Å². The van der Waals surface area contributed by atoms with Crippen molar-refractivity contribution in [2.75, 3.05) is 6.61 Å². The van der Waals surface area contributed by atoms with Crippen molar-refractivity contribution in [3.63, 3.8) is 0 Å². The first-order chi connectivity index (χ1) is 16.6. The quantitative estimate of drug-likeness (QED) is 0.177. The number of benzene rings is 4. The monoisotopic (exact) mass is 466 g/mol. The summed E-state index contributed by atoms with van der Waals surface area (Å²) in [7, 11) is 0. The number of carbonyl (C=O) groups excluding carboxylic acids is 1. The molecule has 0 aromatic heterocycles. The third kappa shape index (κ3) is 6.07. The first-order valence-corrected chi connectivity index (χ1v) is 12.1. The molecule has 0 radical (unpaired) electrons. The number of hydrogen-bond acceptors (Lipinski definition) is 3. The van der Waals surface area contributed by atoms with Gasteiger partial charge in [-0.05, 0) is 62.6 Å². The molecule has 0 saturated carbocycles. The molecule has 0 aliphatic heterocycles. The molecule has 4 aromatic carbocycles. The molecule has 35 heavy (non-hydrogen) atoms. The second-order valence-corrected chi connectivity index (χ2v) is 11.0. The number of hydrazone groups is 1. The lowest BCUT2D eigenvalue weighted by atomic mass is 9.72. The highest BCUT2D eigenvalue weighted by atomic mass is 16.5. The van der Waals surface area contributed by atoms with Gasteiger partial charge in [0.05, 0.1) is 6.21 Å². The summed E-state index contributed by atoms with van der Waals surface area (Å²) in [6.07, 6.45) is 2.79. The van der Waals surface area contributed by atoms with Crippen molar-refractivity contribution in [2.24, 2.45) is 10.5 Å². The smallest absolute Gasteiger partial charge is 0.277 e.